The lowest BCUT2D eigenvalue weighted by atomic mass is 9.75. The van der Waals surface area contributed by atoms with Gasteiger partial charge >= 0.3 is 0 Å². The summed E-state index contributed by atoms with van der Waals surface area (Å²) in [6, 6.07) is 7.38. The molecule has 0 aromatic heterocycles. The Balaban J connectivity index is 1.62. The lowest BCUT2D eigenvalue weighted by Gasteiger charge is -2.38. The van der Waals surface area contributed by atoms with Crippen LogP contribution in [-0.2, 0) is 14.3 Å². The third-order valence-corrected chi connectivity index (χ3v) is 6.97. The average molecular weight is 444 g/mol. The van der Waals surface area contributed by atoms with Gasteiger partial charge in [-0.15, -0.1) is 0 Å². The number of carbonyl (C=O) groups excluding carboxylic acids is 3. The highest BCUT2D eigenvalue weighted by molar-refractivity contribution is 5.96. The van der Waals surface area contributed by atoms with Crippen LogP contribution in [-0.4, -0.2) is 73.5 Å². The molecule has 0 radical (unpaired) electrons. The van der Waals surface area contributed by atoms with Gasteiger partial charge in [0.25, 0.3) is 5.91 Å². The SMILES string of the molecule is CCN1C(=O)C2(CCN(C(=O)c3ccc(C(C)C)cc3)CC2)CC1C(=O)NCCCOC. The fourth-order valence-corrected chi connectivity index (χ4v) is 4.91. The van der Waals surface area contributed by atoms with Crippen LogP contribution in [0.4, 0.5) is 0 Å². The van der Waals surface area contributed by atoms with Crippen LogP contribution in [0.25, 0.3) is 0 Å². The minimum absolute atomic E-state index is 0.0142. The first-order valence-electron chi connectivity index (χ1n) is 11.8. The minimum atomic E-state index is -0.539. The first kappa shape index (κ1) is 24.2. The number of nitrogens with zero attached hydrogens (tertiary/aromatic N) is 2. The lowest BCUT2D eigenvalue weighted by Crippen LogP contribution is -2.47. The Bertz CT molecular complexity index is 813. The molecule has 2 saturated heterocycles. The predicted molar refractivity (Wildman–Crippen MR) is 123 cm³/mol. The number of hydrogen-bond donors (Lipinski definition) is 1. The van der Waals surface area contributed by atoms with Gasteiger partial charge in [-0.25, -0.2) is 0 Å². The number of methoxy groups -OCH3 is 1. The molecule has 2 fully saturated rings. The molecule has 0 aliphatic carbocycles. The molecule has 1 spiro atoms. The number of amides is 3. The summed E-state index contributed by atoms with van der Waals surface area (Å²) in [5, 5.41) is 2.95. The molecule has 2 heterocycles. The van der Waals surface area contributed by atoms with E-state index in [9.17, 15) is 14.4 Å². The molecule has 1 unspecified atom stereocenters. The first-order chi connectivity index (χ1) is 15.3. The second-order valence-corrected chi connectivity index (χ2v) is 9.30. The molecule has 32 heavy (non-hydrogen) atoms. The summed E-state index contributed by atoms with van der Waals surface area (Å²) >= 11 is 0. The van der Waals surface area contributed by atoms with Gasteiger partial charge in [-0.2, -0.15) is 0 Å². The van der Waals surface area contributed by atoms with Crippen molar-refractivity contribution in [1.82, 2.24) is 15.1 Å². The average Bonchev–Trinajstić information content (AvgIpc) is 3.08. The Kier molecular flexibility index (Phi) is 7.93. The number of carbonyl (C=O) groups is 3. The molecule has 3 amide bonds. The van der Waals surface area contributed by atoms with Crippen LogP contribution in [0, 0.1) is 5.41 Å². The summed E-state index contributed by atoms with van der Waals surface area (Å²) in [5.74, 6) is 0.414. The zero-order valence-electron chi connectivity index (χ0n) is 19.9. The Morgan fingerprint density at radius 2 is 1.84 bits per heavy atom. The van der Waals surface area contributed by atoms with Gasteiger partial charge in [0.2, 0.25) is 11.8 Å². The molecule has 176 valence electrons. The molecule has 1 aromatic rings. The topological polar surface area (TPSA) is 79.0 Å². The van der Waals surface area contributed by atoms with Crippen molar-refractivity contribution >= 4 is 17.7 Å². The largest absolute Gasteiger partial charge is 0.385 e. The van der Waals surface area contributed by atoms with Gasteiger partial charge < -0.3 is 19.9 Å². The maximum Gasteiger partial charge on any atom is 0.253 e. The highest BCUT2D eigenvalue weighted by atomic mass is 16.5. The van der Waals surface area contributed by atoms with Crippen LogP contribution in [0.3, 0.4) is 0 Å². The van der Waals surface area contributed by atoms with E-state index in [1.807, 2.05) is 36.1 Å². The van der Waals surface area contributed by atoms with E-state index in [-0.39, 0.29) is 17.7 Å². The summed E-state index contributed by atoms with van der Waals surface area (Å²) in [7, 11) is 1.64. The van der Waals surface area contributed by atoms with Crippen LogP contribution in [0.15, 0.2) is 24.3 Å². The van der Waals surface area contributed by atoms with E-state index in [1.54, 1.807) is 12.0 Å². The van der Waals surface area contributed by atoms with Crippen LogP contribution < -0.4 is 5.32 Å². The van der Waals surface area contributed by atoms with Gasteiger partial charge in [0.15, 0.2) is 0 Å². The first-order valence-corrected chi connectivity index (χ1v) is 11.8. The molecular weight excluding hydrogens is 406 g/mol. The highest BCUT2D eigenvalue weighted by Crippen LogP contribution is 2.44. The molecule has 2 aliphatic heterocycles. The van der Waals surface area contributed by atoms with Crippen molar-refractivity contribution in [3.63, 3.8) is 0 Å². The van der Waals surface area contributed by atoms with Gasteiger partial charge in [-0.1, -0.05) is 26.0 Å². The maximum absolute atomic E-state index is 13.3. The van der Waals surface area contributed by atoms with Crippen LogP contribution in [0.5, 0.6) is 0 Å². The zero-order chi connectivity index (χ0) is 23.3. The summed E-state index contributed by atoms with van der Waals surface area (Å²) in [5.41, 5.74) is 1.36. The standard InChI is InChI=1S/C25H37N3O4/c1-5-28-21(22(29)26-13-6-16-32-4)17-25(24(28)31)11-14-27(15-12-25)23(30)20-9-7-19(8-10-20)18(2)3/h7-10,18,21H,5-6,11-17H2,1-4H3,(H,26,29). The van der Waals surface area contributed by atoms with Gasteiger partial charge in [0, 0.05) is 45.5 Å². The summed E-state index contributed by atoms with van der Waals surface area (Å²) in [6.07, 6.45) is 2.48. The van der Waals surface area contributed by atoms with Crippen molar-refractivity contribution in [2.24, 2.45) is 5.41 Å². The van der Waals surface area contributed by atoms with Crippen LogP contribution in [0.1, 0.15) is 68.3 Å². The lowest BCUT2D eigenvalue weighted by molar-refractivity contribution is -0.140. The number of piperidine rings is 1. The summed E-state index contributed by atoms with van der Waals surface area (Å²) in [6.45, 7) is 8.91. The fourth-order valence-electron chi connectivity index (χ4n) is 4.91. The van der Waals surface area contributed by atoms with E-state index >= 15 is 0 Å². The smallest absolute Gasteiger partial charge is 0.253 e. The van der Waals surface area contributed by atoms with E-state index < -0.39 is 11.5 Å². The number of rotatable bonds is 8. The number of hydrogen-bond acceptors (Lipinski definition) is 4. The number of likely N-dealkylation sites (N-methyl/N-ethyl adjacent to an activating group) is 1. The summed E-state index contributed by atoms with van der Waals surface area (Å²) < 4.78 is 5.03. The number of nitrogens with one attached hydrogen (secondary N) is 1. The van der Waals surface area contributed by atoms with Crippen molar-refractivity contribution in [2.45, 2.75) is 58.4 Å². The molecule has 3 rings (SSSR count). The normalized spacial score (nSPS) is 20.3. The van der Waals surface area contributed by atoms with Crippen LogP contribution in [0.2, 0.25) is 0 Å². The Morgan fingerprint density at radius 1 is 1.19 bits per heavy atom. The Morgan fingerprint density at radius 3 is 2.41 bits per heavy atom. The fraction of sp³-hybridized carbons (Fsp3) is 0.640. The van der Waals surface area contributed by atoms with Crippen molar-refractivity contribution < 1.29 is 19.1 Å². The van der Waals surface area contributed by atoms with E-state index in [4.69, 9.17) is 4.74 Å². The number of benzene rings is 1. The van der Waals surface area contributed by atoms with Gasteiger partial charge in [-0.3, -0.25) is 14.4 Å². The molecule has 7 nitrogen and oxygen atoms in total. The quantitative estimate of drug-likeness (QED) is 0.627. The predicted octanol–water partition coefficient (Wildman–Crippen LogP) is 2.81. The van der Waals surface area contributed by atoms with Crippen molar-refractivity contribution in [3.05, 3.63) is 35.4 Å². The van der Waals surface area contributed by atoms with Gasteiger partial charge in [0.05, 0.1) is 5.41 Å². The number of likely N-dealkylation sites (tertiary alicyclic amines) is 2. The second-order valence-electron chi connectivity index (χ2n) is 9.30. The molecular formula is C25H37N3O4. The minimum Gasteiger partial charge on any atom is -0.385 e. The molecule has 2 aliphatic rings. The highest BCUT2D eigenvalue weighted by Gasteiger charge is 2.54. The van der Waals surface area contributed by atoms with Crippen LogP contribution >= 0.6 is 0 Å². The number of ether oxygens (including phenoxy) is 1. The Labute approximate surface area is 191 Å². The molecule has 1 N–H and O–H groups in total. The third-order valence-electron chi connectivity index (χ3n) is 6.97. The zero-order valence-corrected chi connectivity index (χ0v) is 19.9. The second kappa shape index (κ2) is 10.5. The van der Waals surface area contributed by atoms with Gasteiger partial charge in [-0.05, 0) is 56.2 Å². The Hall–Kier alpha value is -2.41. The van der Waals surface area contributed by atoms with Crippen molar-refractivity contribution in [1.29, 1.82) is 0 Å². The monoisotopic (exact) mass is 443 g/mol. The van der Waals surface area contributed by atoms with E-state index in [0.29, 0.717) is 63.5 Å². The molecule has 0 bridgehead atoms. The van der Waals surface area contributed by atoms with Gasteiger partial charge in [0.1, 0.15) is 6.04 Å². The molecule has 0 saturated carbocycles. The molecule has 7 heteroatoms. The third kappa shape index (κ3) is 4.98. The van der Waals surface area contributed by atoms with E-state index in [2.05, 4.69) is 19.2 Å². The van der Waals surface area contributed by atoms with Crippen molar-refractivity contribution in [3.8, 4) is 0 Å². The van der Waals surface area contributed by atoms with E-state index in [0.717, 1.165) is 6.42 Å². The van der Waals surface area contributed by atoms with Crippen molar-refractivity contribution in [2.75, 3.05) is 39.9 Å². The van der Waals surface area contributed by atoms with E-state index in [1.165, 1.54) is 5.56 Å². The molecule has 1 aromatic carbocycles. The summed E-state index contributed by atoms with van der Waals surface area (Å²) in [4.78, 5) is 42.6. The maximum atomic E-state index is 13.3. The molecule has 1 atom stereocenters.